The Balaban J connectivity index is 1.70. The lowest BCUT2D eigenvalue weighted by Gasteiger charge is -2.22. The molecule has 2 atom stereocenters. The molecule has 0 spiro atoms. The second-order valence-corrected chi connectivity index (χ2v) is 8.07. The maximum atomic E-state index is 12.8. The van der Waals surface area contributed by atoms with Crippen LogP contribution in [0, 0.1) is 5.92 Å². The van der Waals surface area contributed by atoms with Crippen molar-refractivity contribution in [3.05, 3.63) is 46.1 Å². The van der Waals surface area contributed by atoms with Crippen LogP contribution in [0.3, 0.4) is 0 Å². The van der Waals surface area contributed by atoms with Gasteiger partial charge in [-0.05, 0) is 12.1 Å². The average Bonchev–Trinajstić information content (AvgIpc) is 3.35. The molecule has 4 heterocycles. The topological polar surface area (TPSA) is 122 Å². The number of nitrogens with one attached hydrogen (secondary N) is 1. The third-order valence-corrected chi connectivity index (χ3v) is 5.94. The lowest BCUT2D eigenvalue weighted by molar-refractivity contribution is -0.132. The number of likely N-dealkylation sites (tertiary alicyclic amines) is 1. The summed E-state index contributed by atoms with van der Waals surface area (Å²) in [4.78, 5) is 53.2. The van der Waals surface area contributed by atoms with E-state index in [1.807, 2.05) is 0 Å². The standard InChI is InChI=1S/C20H25N7O4/c1-13(28)26-9-14-8-18(29)24(2)7-5-21-19(30)16-4-3-6-25(20(16)31)10-15-11-27(23-22-15)17(14)12-26/h3-4,6,11,14,17H,5,7-10,12H2,1-2H3,(H,21,30)/t14-,17+/m0/s1. The smallest absolute Gasteiger partial charge is 0.263 e. The molecule has 1 saturated heterocycles. The van der Waals surface area contributed by atoms with Gasteiger partial charge in [0.2, 0.25) is 11.8 Å². The van der Waals surface area contributed by atoms with Gasteiger partial charge in [-0.2, -0.15) is 0 Å². The van der Waals surface area contributed by atoms with Crippen molar-refractivity contribution < 1.29 is 14.4 Å². The lowest BCUT2D eigenvalue weighted by Crippen LogP contribution is -2.39. The van der Waals surface area contributed by atoms with Crippen LogP contribution >= 0.6 is 0 Å². The Morgan fingerprint density at radius 1 is 1.23 bits per heavy atom. The van der Waals surface area contributed by atoms with E-state index >= 15 is 0 Å². The Kier molecular flexibility index (Phi) is 5.57. The molecule has 0 unspecified atom stereocenters. The number of likely N-dealkylation sites (N-methyl/N-ethyl adjacent to an activating group) is 1. The molecule has 1 N–H and O–H groups in total. The molecule has 2 aromatic heterocycles. The second kappa shape index (κ2) is 8.32. The molecule has 164 valence electrons. The van der Waals surface area contributed by atoms with Gasteiger partial charge in [0.25, 0.3) is 11.5 Å². The van der Waals surface area contributed by atoms with Crippen molar-refractivity contribution >= 4 is 17.7 Å². The van der Waals surface area contributed by atoms with Crippen molar-refractivity contribution in [2.75, 3.05) is 33.2 Å². The zero-order valence-electron chi connectivity index (χ0n) is 17.5. The van der Waals surface area contributed by atoms with Gasteiger partial charge in [-0.1, -0.05) is 5.21 Å². The molecule has 31 heavy (non-hydrogen) atoms. The van der Waals surface area contributed by atoms with Crippen molar-refractivity contribution in [2.45, 2.75) is 25.9 Å². The van der Waals surface area contributed by atoms with Crippen LogP contribution in [0.4, 0.5) is 0 Å². The molecular formula is C20H25N7O4. The average molecular weight is 427 g/mol. The Bertz CT molecular complexity index is 1080. The molecule has 2 aliphatic heterocycles. The molecule has 4 rings (SSSR count). The van der Waals surface area contributed by atoms with Crippen LogP contribution in [-0.2, 0) is 16.1 Å². The fourth-order valence-electron chi connectivity index (χ4n) is 4.11. The van der Waals surface area contributed by atoms with E-state index in [1.165, 1.54) is 17.6 Å². The molecule has 0 saturated carbocycles. The van der Waals surface area contributed by atoms with E-state index in [0.717, 1.165) is 0 Å². The minimum Gasteiger partial charge on any atom is -0.350 e. The van der Waals surface area contributed by atoms with Crippen molar-refractivity contribution in [3.8, 4) is 0 Å². The Hall–Kier alpha value is -3.50. The molecule has 3 amide bonds. The molecule has 0 aliphatic carbocycles. The fraction of sp³-hybridized carbons (Fsp3) is 0.500. The van der Waals surface area contributed by atoms with Gasteiger partial charge in [-0.3, -0.25) is 19.2 Å². The quantitative estimate of drug-likeness (QED) is 0.581. The number of nitrogens with zero attached hydrogens (tertiary/aromatic N) is 6. The molecular weight excluding hydrogens is 402 g/mol. The number of carbonyl (C=O) groups excluding carboxylic acids is 3. The van der Waals surface area contributed by atoms with Crippen molar-refractivity contribution in [1.82, 2.24) is 34.7 Å². The summed E-state index contributed by atoms with van der Waals surface area (Å²) in [7, 11) is 1.67. The Labute approximate surface area is 178 Å². The largest absolute Gasteiger partial charge is 0.350 e. The third-order valence-electron chi connectivity index (χ3n) is 5.94. The first-order valence-corrected chi connectivity index (χ1v) is 10.2. The molecule has 1 fully saturated rings. The Morgan fingerprint density at radius 3 is 2.81 bits per heavy atom. The highest BCUT2D eigenvalue weighted by atomic mass is 16.2. The predicted molar refractivity (Wildman–Crippen MR) is 109 cm³/mol. The number of hydrogen-bond acceptors (Lipinski definition) is 6. The summed E-state index contributed by atoms with van der Waals surface area (Å²) in [6.07, 6.45) is 3.59. The van der Waals surface area contributed by atoms with Crippen LogP contribution in [0.1, 0.15) is 35.4 Å². The van der Waals surface area contributed by atoms with Gasteiger partial charge in [-0.15, -0.1) is 5.10 Å². The summed E-state index contributed by atoms with van der Waals surface area (Å²) in [5.41, 5.74) is 0.159. The number of amides is 3. The molecule has 2 aliphatic rings. The summed E-state index contributed by atoms with van der Waals surface area (Å²) in [5.74, 6) is -0.722. The Morgan fingerprint density at radius 2 is 2.03 bits per heavy atom. The van der Waals surface area contributed by atoms with Gasteiger partial charge in [-0.25, -0.2) is 4.68 Å². The third kappa shape index (κ3) is 4.21. The molecule has 4 bridgehead atoms. The van der Waals surface area contributed by atoms with Crippen molar-refractivity contribution in [1.29, 1.82) is 0 Å². The van der Waals surface area contributed by atoms with E-state index in [2.05, 4.69) is 15.6 Å². The SMILES string of the molecule is CC(=O)N1C[C@@H]2CC(=O)N(C)CCNC(=O)c3cccn(c3=O)Cc3cn(nn3)[C@@H]2C1. The predicted octanol–water partition coefficient (Wildman–Crippen LogP) is -0.901. The van der Waals surface area contributed by atoms with Crippen molar-refractivity contribution in [3.63, 3.8) is 0 Å². The first kappa shape index (κ1) is 20.8. The maximum Gasteiger partial charge on any atom is 0.263 e. The van der Waals surface area contributed by atoms with Crippen LogP contribution in [-0.4, -0.2) is 80.3 Å². The van der Waals surface area contributed by atoms with Gasteiger partial charge in [0.1, 0.15) is 11.3 Å². The highest BCUT2D eigenvalue weighted by molar-refractivity contribution is 5.93. The first-order valence-electron chi connectivity index (χ1n) is 10.2. The lowest BCUT2D eigenvalue weighted by atomic mass is 9.99. The molecule has 0 radical (unpaired) electrons. The number of fused-ring (bicyclic) bond motifs is 6. The minimum atomic E-state index is -0.482. The fourth-order valence-corrected chi connectivity index (χ4v) is 4.11. The van der Waals surface area contributed by atoms with Gasteiger partial charge >= 0.3 is 0 Å². The number of hydrogen-bond donors (Lipinski definition) is 1. The number of rotatable bonds is 0. The summed E-state index contributed by atoms with van der Waals surface area (Å²) in [6, 6.07) is 2.93. The van der Waals surface area contributed by atoms with E-state index in [1.54, 1.807) is 40.0 Å². The summed E-state index contributed by atoms with van der Waals surface area (Å²) >= 11 is 0. The highest BCUT2D eigenvalue weighted by Crippen LogP contribution is 2.30. The van der Waals surface area contributed by atoms with Gasteiger partial charge < -0.3 is 19.7 Å². The summed E-state index contributed by atoms with van der Waals surface area (Å²) in [5, 5.41) is 11.1. The minimum absolute atomic E-state index is 0.0314. The van der Waals surface area contributed by atoms with Crippen LogP contribution < -0.4 is 10.9 Å². The van der Waals surface area contributed by atoms with E-state index in [4.69, 9.17) is 0 Å². The molecule has 0 aromatic carbocycles. The van der Waals surface area contributed by atoms with Crippen LogP contribution in [0.5, 0.6) is 0 Å². The summed E-state index contributed by atoms with van der Waals surface area (Å²) in [6.45, 7) is 3.13. The molecule has 11 nitrogen and oxygen atoms in total. The van der Waals surface area contributed by atoms with E-state index < -0.39 is 11.5 Å². The normalized spacial score (nSPS) is 22.3. The van der Waals surface area contributed by atoms with Gasteiger partial charge in [0, 0.05) is 58.7 Å². The monoisotopic (exact) mass is 427 g/mol. The first-order chi connectivity index (χ1) is 14.8. The number of aromatic nitrogens is 4. The van der Waals surface area contributed by atoms with E-state index in [0.29, 0.717) is 25.3 Å². The number of carbonyl (C=O) groups is 3. The van der Waals surface area contributed by atoms with Crippen molar-refractivity contribution in [2.24, 2.45) is 5.92 Å². The van der Waals surface area contributed by atoms with E-state index in [9.17, 15) is 19.2 Å². The second-order valence-electron chi connectivity index (χ2n) is 8.07. The maximum absolute atomic E-state index is 12.8. The van der Waals surface area contributed by atoms with Crippen LogP contribution in [0.15, 0.2) is 29.3 Å². The van der Waals surface area contributed by atoms with Gasteiger partial charge in [0.05, 0.1) is 18.8 Å². The van der Waals surface area contributed by atoms with Crippen LogP contribution in [0.25, 0.3) is 0 Å². The van der Waals surface area contributed by atoms with Crippen LogP contribution in [0.2, 0.25) is 0 Å². The zero-order chi connectivity index (χ0) is 22.1. The zero-order valence-corrected chi connectivity index (χ0v) is 17.5. The van der Waals surface area contributed by atoms with Gasteiger partial charge in [0.15, 0.2) is 0 Å². The molecule has 2 aromatic rings. The number of pyridine rings is 1. The molecule has 11 heteroatoms. The highest BCUT2D eigenvalue weighted by Gasteiger charge is 2.37. The summed E-state index contributed by atoms with van der Waals surface area (Å²) < 4.78 is 3.10. The van der Waals surface area contributed by atoms with E-state index in [-0.39, 0.29) is 48.8 Å².